The van der Waals surface area contributed by atoms with Gasteiger partial charge in [0.15, 0.2) is 5.76 Å². The van der Waals surface area contributed by atoms with Crippen LogP contribution in [0.4, 0.5) is 8.78 Å². The molecule has 8 nitrogen and oxygen atoms in total. The number of sulfonamides is 1. The lowest BCUT2D eigenvalue weighted by molar-refractivity contribution is 0.116. The van der Waals surface area contributed by atoms with Gasteiger partial charge in [0, 0.05) is 29.9 Å². The lowest BCUT2D eigenvalue weighted by Gasteiger charge is -2.07. The van der Waals surface area contributed by atoms with Crippen LogP contribution in [0.15, 0.2) is 47.0 Å². The zero-order chi connectivity index (χ0) is 21.7. The minimum Gasteiger partial charge on any atom is -0.492 e. The third kappa shape index (κ3) is 5.51. The van der Waals surface area contributed by atoms with Gasteiger partial charge < -0.3 is 13.9 Å². The molecule has 3 rings (SSSR count). The van der Waals surface area contributed by atoms with E-state index in [9.17, 15) is 17.2 Å². The maximum Gasteiger partial charge on any atom is 0.313 e. The number of rotatable bonds is 9. The van der Waals surface area contributed by atoms with E-state index in [0.29, 0.717) is 22.8 Å². The fraction of sp³-hybridized carbons (Fsp3) is 0.263. The minimum atomic E-state index is -3.29. The third-order valence-corrected chi connectivity index (χ3v) is 4.63. The average Bonchev–Trinajstić information content (AvgIpc) is 3.17. The molecule has 0 aliphatic heterocycles. The van der Waals surface area contributed by atoms with E-state index in [2.05, 4.69) is 14.7 Å². The molecular formula is C19H19F2N3O5S. The number of hydrogen-bond acceptors (Lipinski definition) is 7. The zero-order valence-corrected chi connectivity index (χ0v) is 16.9. The highest BCUT2D eigenvalue weighted by atomic mass is 32.2. The summed E-state index contributed by atoms with van der Waals surface area (Å²) in [5.41, 5.74) is 1.24. The highest BCUT2D eigenvalue weighted by molar-refractivity contribution is 7.88. The first-order valence-corrected chi connectivity index (χ1v) is 10.6. The highest BCUT2D eigenvalue weighted by Gasteiger charge is 2.22. The molecule has 0 bridgehead atoms. The first-order chi connectivity index (χ1) is 14.3. The van der Waals surface area contributed by atoms with Crippen LogP contribution < -0.4 is 14.2 Å². The van der Waals surface area contributed by atoms with E-state index in [1.54, 1.807) is 36.4 Å². The molecule has 3 aromatic rings. The Hall–Kier alpha value is -3.05. The van der Waals surface area contributed by atoms with Crippen molar-refractivity contribution in [1.29, 1.82) is 0 Å². The van der Waals surface area contributed by atoms with Gasteiger partial charge in [0.2, 0.25) is 15.9 Å². The molecule has 0 saturated carbocycles. The monoisotopic (exact) mass is 439 g/mol. The molecule has 2 heterocycles. The lowest BCUT2D eigenvalue weighted by atomic mass is 10.1. The summed E-state index contributed by atoms with van der Waals surface area (Å²) in [6.07, 6.45) is -0.349. The molecule has 0 unspecified atom stereocenters. The number of methoxy groups -OCH3 is 1. The van der Waals surface area contributed by atoms with E-state index >= 15 is 0 Å². The van der Waals surface area contributed by atoms with Crippen LogP contribution in [-0.2, 0) is 10.0 Å². The van der Waals surface area contributed by atoms with Crippen molar-refractivity contribution in [3.63, 3.8) is 0 Å². The van der Waals surface area contributed by atoms with Gasteiger partial charge in [-0.3, -0.25) is 0 Å². The summed E-state index contributed by atoms with van der Waals surface area (Å²) < 4.78 is 66.5. The summed E-state index contributed by atoms with van der Waals surface area (Å²) in [6, 6.07) is 9.75. The van der Waals surface area contributed by atoms with Crippen LogP contribution >= 0.6 is 0 Å². The van der Waals surface area contributed by atoms with Gasteiger partial charge in [-0.2, -0.15) is 8.78 Å². The molecule has 30 heavy (non-hydrogen) atoms. The van der Waals surface area contributed by atoms with Crippen molar-refractivity contribution in [2.75, 3.05) is 26.5 Å². The largest absolute Gasteiger partial charge is 0.492 e. The van der Waals surface area contributed by atoms with E-state index < -0.39 is 22.3 Å². The van der Waals surface area contributed by atoms with Crippen molar-refractivity contribution in [3.05, 3.63) is 48.5 Å². The zero-order valence-electron chi connectivity index (χ0n) is 16.1. The molecule has 160 valence electrons. The standard InChI is InChI=1S/C19H19F2N3O5S/c1-27-15-8-5-13(11-22-15)16-17(29-19(24-16)18(20)21)12-3-6-14(7-4-12)28-10-9-23-30(2,25)26/h3-8,11,18,23H,9-10H2,1-2H3. The van der Waals surface area contributed by atoms with Gasteiger partial charge >= 0.3 is 6.43 Å². The molecule has 0 amide bonds. The number of halogens is 2. The van der Waals surface area contributed by atoms with Crippen molar-refractivity contribution in [2.45, 2.75) is 6.43 Å². The van der Waals surface area contributed by atoms with Crippen LogP contribution in [0.25, 0.3) is 22.6 Å². The Kier molecular flexibility index (Phi) is 6.63. The van der Waals surface area contributed by atoms with Gasteiger partial charge in [-0.1, -0.05) is 0 Å². The van der Waals surface area contributed by atoms with E-state index in [1.807, 2.05) is 0 Å². The second-order valence-electron chi connectivity index (χ2n) is 6.16. The highest BCUT2D eigenvalue weighted by Crippen LogP contribution is 2.36. The second-order valence-corrected chi connectivity index (χ2v) is 7.99. The van der Waals surface area contributed by atoms with Crippen LogP contribution in [-0.4, -0.2) is 44.9 Å². The Morgan fingerprint density at radius 2 is 1.83 bits per heavy atom. The van der Waals surface area contributed by atoms with Gasteiger partial charge in [-0.05, 0) is 30.3 Å². The summed E-state index contributed by atoms with van der Waals surface area (Å²) in [7, 11) is -1.81. The van der Waals surface area contributed by atoms with Crippen molar-refractivity contribution in [1.82, 2.24) is 14.7 Å². The van der Waals surface area contributed by atoms with Crippen molar-refractivity contribution in [3.8, 4) is 34.2 Å². The molecule has 11 heteroatoms. The first kappa shape index (κ1) is 21.7. The van der Waals surface area contributed by atoms with Gasteiger partial charge in [-0.25, -0.2) is 23.1 Å². The number of alkyl halides is 2. The van der Waals surface area contributed by atoms with Crippen molar-refractivity contribution in [2.24, 2.45) is 0 Å². The minimum absolute atomic E-state index is 0.120. The Bertz CT molecular complexity index is 1080. The molecule has 0 spiro atoms. The predicted molar refractivity (Wildman–Crippen MR) is 105 cm³/mol. The molecule has 1 aromatic carbocycles. The van der Waals surface area contributed by atoms with Crippen LogP contribution in [0.1, 0.15) is 12.3 Å². The molecule has 1 N–H and O–H groups in total. The molecular weight excluding hydrogens is 420 g/mol. The maximum absolute atomic E-state index is 13.2. The smallest absolute Gasteiger partial charge is 0.313 e. The van der Waals surface area contributed by atoms with Crippen LogP contribution in [0.5, 0.6) is 11.6 Å². The summed E-state index contributed by atoms with van der Waals surface area (Å²) >= 11 is 0. The third-order valence-electron chi connectivity index (χ3n) is 3.90. The summed E-state index contributed by atoms with van der Waals surface area (Å²) in [4.78, 5) is 8.00. The second kappa shape index (κ2) is 9.18. The molecule has 0 fully saturated rings. The number of nitrogens with zero attached hydrogens (tertiary/aromatic N) is 2. The number of pyridine rings is 1. The Morgan fingerprint density at radius 3 is 2.40 bits per heavy atom. The number of ether oxygens (including phenoxy) is 2. The fourth-order valence-corrected chi connectivity index (χ4v) is 3.02. The normalized spacial score (nSPS) is 11.6. The van der Waals surface area contributed by atoms with Crippen LogP contribution in [0.3, 0.4) is 0 Å². The SMILES string of the molecule is COc1ccc(-c2nc(C(F)F)oc2-c2ccc(OCCNS(C)(=O)=O)cc2)cn1. The number of oxazole rings is 1. The molecule has 2 aromatic heterocycles. The molecule has 0 saturated heterocycles. The first-order valence-electron chi connectivity index (χ1n) is 8.74. The molecule has 0 atom stereocenters. The van der Waals surface area contributed by atoms with E-state index in [1.165, 1.54) is 13.3 Å². The predicted octanol–water partition coefficient (Wildman–Crippen LogP) is 3.28. The van der Waals surface area contributed by atoms with Gasteiger partial charge in [0.1, 0.15) is 18.1 Å². The van der Waals surface area contributed by atoms with Gasteiger partial charge in [0.25, 0.3) is 5.89 Å². The Labute approximate surface area is 171 Å². The molecule has 0 aliphatic rings. The van der Waals surface area contributed by atoms with Crippen LogP contribution in [0, 0.1) is 0 Å². The maximum atomic E-state index is 13.2. The Morgan fingerprint density at radius 1 is 1.13 bits per heavy atom. The summed E-state index contributed by atoms with van der Waals surface area (Å²) in [6.45, 7) is 0.252. The molecule has 0 radical (unpaired) electrons. The van der Waals surface area contributed by atoms with Gasteiger partial charge in [-0.15, -0.1) is 0 Å². The summed E-state index contributed by atoms with van der Waals surface area (Å²) in [5, 5.41) is 0. The number of hydrogen-bond donors (Lipinski definition) is 1. The topological polar surface area (TPSA) is 104 Å². The quantitative estimate of drug-likeness (QED) is 0.510. The number of benzene rings is 1. The van der Waals surface area contributed by atoms with E-state index in [-0.39, 0.29) is 24.6 Å². The van der Waals surface area contributed by atoms with Crippen LogP contribution in [0.2, 0.25) is 0 Å². The van der Waals surface area contributed by atoms with E-state index in [0.717, 1.165) is 6.26 Å². The van der Waals surface area contributed by atoms with Gasteiger partial charge in [0.05, 0.1) is 13.4 Å². The van der Waals surface area contributed by atoms with Crippen molar-refractivity contribution >= 4 is 10.0 Å². The fourth-order valence-electron chi connectivity index (χ4n) is 2.56. The van der Waals surface area contributed by atoms with Crippen molar-refractivity contribution < 1.29 is 31.1 Å². The number of nitrogens with one attached hydrogen (secondary N) is 1. The average molecular weight is 439 g/mol. The Balaban J connectivity index is 1.82. The lowest BCUT2D eigenvalue weighted by Crippen LogP contribution is -2.26. The number of aromatic nitrogens is 2. The summed E-state index contributed by atoms with van der Waals surface area (Å²) in [5.74, 6) is 0.339. The molecule has 0 aliphatic carbocycles. The van der Waals surface area contributed by atoms with E-state index in [4.69, 9.17) is 13.9 Å².